The fourth-order valence-corrected chi connectivity index (χ4v) is 1.73. The molecule has 0 spiro atoms. The van der Waals surface area contributed by atoms with Crippen molar-refractivity contribution in [2.75, 3.05) is 11.6 Å². The number of rotatable bonds is 6. The van der Waals surface area contributed by atoms with Crippen molar-refractivity contribution < 1.29 is 19.3 Å². The summed E-state index contributed by atoms with van der Waals surface area (Å²) in [5.74, 6) is 0. The highest BCUT2D eigenvalue weighted by Crippen LogP contribution is 2.29. The maximum Gasteiger partial charge on any atom is 0.511 e. The van der Waals surface area contributed by atoms with E-state index in [1.807, 2.05) is 0 Å². The number of hydrogen-bond donors (Lipinski definition) is 2. The lowest BCUT2D eigenvalue weighted by Gasteiger charge is -2.02. The summed E-state index contributed by atoms with van der Waals surface area (Å²) in [7, 11) is -2.40. The van der Waals surface area contributed by atoms with Gasteiger partial charge in [0.15, 0.2) is 0 Å². The van der Waals surface area contributed by atoms with Crippen LogP contribution in [0.5, 0.6) is 0 Å². The lowest BCUT2D eigenvalue weighted by atomic mass is 10.2. The van der Waals surface area contributed by atoms with Crippen molar-refractivity contribution in [3.8, 4) is 0 Å². The van der Waals surface area contributed by atoms with Crippen LogP contribution in [-0.2, 0) is 4.57 Å². The van der Waals surface area contributed by atoms with Crippen molar-refractivity contribution in [2.45, 2.75) is 6.92 Å². The molecule has 0 heterocycles. The molecule has 1 aromatic carbocycles. The van der Waals surface area contributed by atoms with Crippen LogP contribution in [0.15, 0.2) is 23.3 Å². The molecular formula is C9H10N4O6P+. The Balaban J connectivity index is 3.03. The Morgan fingerprint density at radius 3 is 2.55 bits per heavy atom. The third-order valence-electron chi connectivity index (χ3n) is 2.12. The van der Waals surface area contributed by atoms with Gasteiger partial charge in [0.1, 0.15) is 5.69 Å². The number of nitro groups is 2. The van der Waals surface area contributed by atoms with Gasteiger partial charge in [0, 0.05) is 6.07 Å². The van der Waals surface area contributed by atoms with Gasteiger partial charge in [0.2, 0.25) is 6.16 Å². The van der Waals surface area contributed by atoms with Crippen LogP contribution >= 0.6 is 8.03 Å². The minimum atomic E-state index is -2.40. The summed E-state index contributed by atoms with van der Waals surface area (Å²) in [5.41, 5.74) is 1.64. The van der Waals surface area contributed by atoms with Crippen molar-refractivity contribution >= 4 is 30.8 Å². The van der Waals surface area contributed by atoms with Gasteiger partial charge in [-0.1, -0.05) is 0 Å². The summed E-state index contributed by atoms with van der Waals surface area (Å²) in [6.45, 7) is 1.47. The molecule has 0 amide bonds. The standard InChI is InChI=1S/C9H9N4O6P/c1-6(5-20(18)19)10-11-8-3-2-7(12(14)15)4-9(8)13(16)17/h2-4,11H,5H2,1H3/p+1. The van der Waals surface area contributed by atoms with Crippen LogP contribution in [0.2, 0.25) is 0 Å². The molecule has 106 valence electrons. The van der Waals surface area contributed by atoms with Gasteiger partial charge in [-0.2, -0.15) is 9.99 Å². The van der Waals surface area contributed by atoms with E-state index >= 15 is 0 Å². The molecule has 0 aliphatic carbocycles. The molecule has 1 rings (SSSR count). The molecular weight excluding hydrogens is 291 g/mol. The molecule has 0 saturated heterocycles. The summed E-state index contributed by atoms with van der Waals surface area (Å²) in [5, 5.41) is 25.1. The molecule has 0 fully saturated rings. The van der Waals surface area contributed by atoms with Gasteiger partial charge in [0.25, 0.3) is 5.69 Å². The lowest BCUT2D eigenvalue weighted by Crippen LogP contribution is -2.03. The lowest BCUT2D eigenvalue weighted by molar-refractivity contribution is -0.393. The summed E-state index contributed by atoms with van der Waals surface area (Å²) >= 11 is 0. The first-order valence-corrected chi connectivity index (χ1v) is 6.56. The van der Waals surface area contributed by atoms with E-state index in [-0.39, 0.29) is 17.6 Å². The van der Waals surface area contributed by atoms with Crippen LogP contribution in [0.4, 0.5) is 17.1 Å². The largest absolute Gasteiger partial charge is 0.511 e. The van der Waals surface area contributed by atoms with Crippen LogP contribution < -0.4 is 5.43 Å². The summed E-state index contributed by atoms with van der Waals surface area (Å²) < 4.78 is 10.6. The zero-order valence-electron chi connectivity index (χ0n) is 10.2. The van der Waals surface area contributed by atoms with Crippen LogP contribution in [0.1, 0.15) is 6.92 Å². The van der Waals surface area contributed by atoms with Gasteiger partial charge in [-0.15, -0.1) is 0 Å². The molecule has 2 N–H and O–H groups in total. The molecule has 20 heavy (non-hydrogen) atoms. The number of benzene rings is 1. The smallest absolute Gasteiger partial charge is 0.272 e. The molecule has 0 aromatic heterocycles. The highest BCUT2D eigenvalue weighted by molar-refractivity contribution is 7.39. The van der Waals surface area contributed by atoms with Crippen molar-refractivity contribution in [2.24, 2.45) is 5.10 Å². The summed E-state index contributed by atoms with van der Waals surface area (Å²) in [6, 6.07) is 3.04. The predicted octanol–water partition coefficient (Wildman–Crippen LogP) is 2.03. The molecule has 0 saturated carbocycles. The van der Waals surface area contributed by atoms with Crippen LogP contribution in [-0.4, -0.2) is 26.6 Å². The van der Waals surface area contributed by atoms with Gasteiger partial charge in [-0.05, 0) is 17.6 Å². The van der Waals surface area contributed by atoms with Crippen molar-refractivity contribution in [1.82, 2.24) is 0 Å². The first-order chi connectivity index (χ1) is 9.31. The average Bonchev–Trinajstić information content (AvgIpc) is 2.35. The van der Waals surface area contributed by atoms with E-state index in [0.717, 1.165) is 18.2 Å². The minimum absolute atomic E-state index is 0.0480. The first kappa shape index (κ1) is 15.6. The molecule has 0 bridgehead atoms. The molecule has 1 aromatic rings. The fourth-order valence-electron chi connectivity index (χ4n) is 1.27. The Morgan fingerprint density at radius 1 is 1.40 bits per heavy atom. The number of hydrogen-bond acceptors (Lipinski definition) is 7. The second-order valence-electron chi connectivity index (χ2n) is 3.68. The fraction of sp³-hybridized carbons (Fsp3) is 0.222. The molecule has 10 nitrogen and oxygen atoms in total. The van der Waals surface area contributed by atoms with E-state index < -0.39 is 29.2 Å². The molecule has 11 heteroatoms. The monoisotopic (exact) mass is 301 g/mol. The van der Waals surface area contributed by atoms with E-state index in [4.69, 9.17) is 4.89 Å². The third-order valence-corrected chi connectivity index (χ3v) is 2.85. The van der Waals surface area contributed by atoms with E-state index in [1.54, 1.807) is 0 Å². The topological polar surface area (TPSA) is 148 Å². The number of nitrogens with one attached hydrogen (secondary N) is 1. The number of hydrazone groups is 1. The zero-order chi connectivity index (χ0) is 15.3. The number of anilines is 1. The maximum atomic E-state index is 10.8. The average molecular weight is 301 g/mol. The number of nitrogens with zero attached hydrogens (tertiary/aromatic N) is 3. The Labute approximate surface area is 113 Å². The van der Waals surface area contributed by atoms with E-state index in [9.17, 15) is 24.8 Å². The van der Waals surface area contributed by atoms with E-state index in [1.165, 1.54) is 6.92 Å². The normalized spacial score (nSPS) is 11.9. The van der Waals surface area contributed by atoms with Crippen LogP contribution in [0, 0.1) is 20.2 Å². The highest BCUT2D eigenvalue weighted by atomic mass is 31.1. The molecule has 1 unspecified atom stereocenters. The van der Waals surface area contributed by atoms with Crippen LogP contribution in [0.25, 0.3) is 0 Å². The van der Waals surface area contributed by atoms with Gasteiger partial charge in [0.05, 0.1) is 21.6 Å². The second kappa shape index (κ2) is 6.64. The van der Waals surface area contributed by atoms with Crippen LogP contribution in [0.3, 0.4) is 0 Å². The van der Waals surface area contributed by atoms with E-state index in [2.05, 4.69) is 10.5 Å². The van der Waals surface area contributed by atoms with Crippen molar-refractivity contribution in [3.63, 3.8) is 0 Å². The first-order valence-electron chi connectivity index (χ1n) is 5.17. The van der Waals surface area contributed by atoms with Crippen molar-refractivity contribution in [1.29, 1.82) is 0 Å². The number of nitro benzene ring substituents is 2. The highest BCUT2D eigenvalue weighted by Gasteiger charge is 2.19. The predicted molar refractivity (Wildman–Crippen MR) is 71.2 cm³/mol. The Bertz CT molecular complexity index is 602. The molecule has 0 aliphatic heterocycles. The summed E-state index contributed by atoms with van der Waals surface area (Å²) in [4.78, 5) is 28.5. The Kier molecular flexibility index (Phi) is 5.18. The minimum Gasteiger partial charge on any atom is -0.272 e. The molecule has 0 radical (unpaired) electrons. The van der Waals surface area contributed by atoms with Gasteiger partial charge in [-0.25, -0.2) is 0 Å². The maximum absolute atomic E-state index is 10.8. The molecule has 0 aliphatic rings. The second-order valence-corrected chi connectivity index (χ2v) is 4.71. The number of non-ortho nitro benzene ring substituents is 1. The summed E-state index contributed by atoms with van der Waals surface area (Å²) in [6.07, 6.45) is -0.177. The quantitative estimate of drug-likeness (QED) is 0.353. The third kappa shape index (κ3) is 4.34. The van der Waals surface area contributed by atoms with Gasteiger partial charge < -0.3 is 0 Å². The molecule has 1 atom stereocenters. The van der Waals surface area contributed by atoms with Gasteiger partial charge in [-0.3, -0.25) is 25.7 Å². The van der Waals surface area contributed by atoms with Crippen molar-refractivity contribution in [3.05, 3.63) is 38.4 Å². The van der Waals surface area contributed by atoms with E-state index in [0.29, 0.717) is 0 Å². The zero-order valence-corrected chi connectivity index (χ0v) is 11.1. The Hall–Kier alpha value is -2.45. The van der Waals surface area contributed by atoms with Gasteiger partial charge >= 0.3 is 13.7 Å². The SMILES string of the molecule is CC(C[P+](=O)O)=NNc1ccc([N+](=O)[O-])cc1[N+](=O)[O-]. The Morgan fingerprint density at radius 2 is 2.05 bits per heavy atom.